The Morgan fingerprint density at radius 3 is 2.94 bits per heavy atom. The molecule has 0 atom stereocenters. The van der Waals surface area contributed by atoms with Gasteiger partial charge >= 0.3 is 0 Å². The Morgan fingerprint density at radius 1 is 1.53 bits per heavy atom. The minimum Gasteiger partial charge on any atom is -0.363 e. The normalized spacial score (nSPS) is 18.9. The third-order valence-electron chi connectivity index (χ3n) is 2.63. The number of aryl methyl sites for hydroxylation is 1. The van der Waals surface area contributed by atoms with Crippen LogP contribution in [0.4, 0.5) is 0 Å². The summed E-state index contributed by atoms with van der Waals surface area (Å²) in [5, 5.41) is 8.70. The summed E-state index contributed by atoms with van der Waals surface area (Å²) in [4.78, 5) is 4.56. The van der Waals surface area contributed by atoms with E-state index in [2.05, 4.69) is 42.4 Å². The standard InChI is InChI=1S/C12H20N4S/c1-10-6-15-16(7-10)5-4-13-11-14-8-12(2,3)9-17-11/h6-7H,4-5,8-9H2,1-3H3,(H,13,14). The summed E-state index contributed by atoms with van der Waals surface area (Å²) in [7, 11) is 0. The van der Waals surface area contributed by atoms with Gasteiger partial charge in [0.15, 0.2) is 5.17 Å². The molecule has 1 aromatic rings. The summed E-state index contributed by atoms with van der Waals surface area (Å²) in [6, 6.07) is 0. The van der Waals surface area contributed by atoms with Gasteiger partial charge in [0.25, 0.3) is 0 Å². The molecule has 0 radical (unpaired) electrons. The molecule has 94 valence electrons. The lowest BCUT2D eigenvalue weighted by molar-refractivity contribution is 0.436. The van der Waals surface area contributed by atoms with Gasteiger partial charge in [0.1, 0.15) is 0 Å². The Kier molecular flexibility index (Phi) is 3.76. The molecule has 0 spiro atoms. The van der Waals surface area contributed by atoms with Gasteiger partial charge in [-0.1, -0.05) is 25.6 Å². The molecule has 1 aliphatic rings. The first-order valence-corrected chi connectivity index (χ1v) is 6.94. The van der Waals surface area contributed by atoms with E-state index < -0.39 is 0 Å². The van der Waals surface area contributed by atoms with E-state index in [9.17, 15) is 0 Å². The zero-order valence-corrected chi connectivity index (χ0v) is 11.5. The van der Waals surface area contributed by atoms with Crippen LogP contribution in [0.1, 0.15) is 19.4 Å². The van der Waals surface area contributed by atoms with Crippen LogP contribution in [0.15, 0.2) is 17.4 Å². The number of rotatable bonds is 3. The third-order valence-corrected chi connectivity index (χ3v) is 4.10. The van der Waals surface area contributed by atoms with Gasteiger partial charge in [0.05, 0.1) is 12.7 Å². The Balaban J connectivity index is 1.74. The Labute approximate surface area is 107 Å². The van der Waals surface area contributed by atoms with E-state index in [1.165, 1.54) is 5.56 Å². The predicted molar refractivity (Wildman–Crippen MR) is 73.5 cm³/mol. The zero-order valence-electron chi connectivity index (χ0n) is 10.7. The summed E-state index contributed by atoms with van der Waals surface area (Å²) in [5.74, 6) is 1.14. The van der Waals surface area contributed by atoms with Gasteiger partial charge in [-0.25, -0.2) is 0 Å². The summed E-state index contributed by atoms with van der Waals surface area (Å²) in [6.07, 6.45) is 3.94. The molecule has 0 saturated carbocycles. The van der Waals surface area contributed by atoms with Gasteiger partial charge in [0, 0.05) is 25.0 Å². The molecule has 0 unspecified atom stereocenters. The van der Waals surface area contributed by atoms with Crippen LogP contribution in [0.25, 0.3) is 0 Å². The van der Waals surface area contributed by atoms with Crippen molar-refractivity contribution in [3.05, 3.63) is 18.0 Å². The molecule has 2 rings (SSSR count). The van der Waals surface area contributed by atoms with Crippen molar-refractivity contribution in [2.45, 2.75) is 27.3 Å². The molecular weight excluding hydrogens is 232 g/mol. The van der Waals surface area contributed by atoms with E-state index in [1.807, 2.05) is 22.6 Å². The van der Waals surface area contributed by atoms with Gasteiger partial charge in [-0.05, 0) is 17.9 Å². The van der Waals surface area contributed by atoms with E-state index in [0.717, 1.165) is 30.6 Å². The molecule has 2 heterocycles. The quantitative estimate of drug-likeness (QED) is 0.893. The number of aromatic nitrogens is 2. The van der Waals surface area contributed by atoms with Crippen molar-refractivity contribution in [3.63, 3.8) is 0 Å². The first kappa shape index (κ1) is 12.5. The lowest BCUT2D eigenvalue weighted by atomic mass is 9.97. The van der Waals surface area contributed by atoms with E-state index in [-0.39, 0.29) is 0 Å². The minimum atomic E-state index is 0.342. The fourth-order valence-corrected chi connectivity index (χ4v) is 2.59. The molecule has 1 N–H and O–H groups in total. The number of thioether (sulfide) groups is 1. The molecule has 0 aliphatic carbocycles. The fraction of sp³-hybridized carbons (Fsp3) is 0.667. The van der Waals surface area contributed by atoms with Crippen molar-refractivity contribution in [2.24, 2.45) is 10.4 Å². The Morgan fingerprint density at radius 2 is 2.35 bits per heavy atom. The highest BCUT2D eigenvalue weighted by Crippen LogP contribution is 2.26. The maximum absolute atomic E-state index is 4.56. The zero-order chi connectivity index (χ0) is 12.3. The average molecular weight is 252 g/mol. The van der Waals surface area contributed by atoms with Crippen molar-refractivity contribution in [1.29, 1.82) is 0 Å². The van der Waals surface area contributed by atoms with E-state index in [1.54, 1.807) is 0 Å². The number of amidine groups is 1. The lowest BCUT2D eigenvalue weighted by Crippen LogP contribution is -2.32. The van der Waals surface area contributed by atoms with Gasteiger partial charge in [-0.3, -0.25) is 9.67 Å². The van der Waals surface area contributed by atoms with Gasteiger partial charge in [-0.2, -0.15) is 5.10 Å². The Hall–Kier alpha value is -0.970. The van der Waals surface area contributed by atoms with E-state index in [0.29, 0.717) is 5.41 Å². The minimum absolute atomic E-state index is 0.342. The summed E-state index contributed by atoms with van der Waals surface area (Å²) in [5.41, 5.74) is 1.55. The molecule has 0 fully saturated rings. The molecule has 5 heteroatoms. The van der Waals surface area contributed by atoms with Crippen LogP contribution in [-0.4, -0.2) is 33.8 Å². The smallest absolute Gasteiger partial charge is 0.156 e. The van der Waals surface area contributed by atoms with Crippen molar-refractivity contribution in [2.75, 3.05) is 18.8 Å². The van der Waals surface area contributed by atoms with Crippen LogP contribution in [0, 0.1) is 12.3 Å². The maximum atomic E-state index is 4.56. The van der Waals surface area contributed by atoms with Gasteiger partial charge in [0.2, 0.25) is 0 Å². The van der Waals surface area contributed by atoms with Crippen molar-refractivity contribution >= 4 is 16.9 Å². The highest BCUT2D eigenvalue weighted by atomic mass is 32.2. The monoisotopic (exact) mass is 252 g/mol. The SMILES string of the molecule is Cc1cnn(CCNC2=NCC(C)(C)CS2)c1. The molecule has 0 saturated heterocycles. The summed E-state index contributed by atoms with van der Waals surface area (Å²) >= 11 is 1.82. The van der Waals surface area contributed by atoms with Crippen LogP contribution in [-0.2, 0) is 6.54 Å². The van der Waals surface area contributed by atoms with Gasteiger partial charge in [-0.15, -0.1) is 0 Å². The molecule has 0 bridgehead atoms. The first-order chi connectivity index (χ1) is 8.05. The van der Waals surface area contributed by atoms with Crippen molar-refractivity contribution in [3.8, 4) is 0 Å². The van der Waals surface area contributed by atoms with Gasteiger partial charge < -0.3 is 5.32 Å². The molecular formula is C12H20N4S. The molecule has 0 aromatic carbocycles. The fourth-order valence-electron chi connectivity index (χ4n) is 1.61. The second-order valence-electron chi connectivity index (χ2n) is 5.28. The largest absolute Gasteiger partial charge is 0.363 e. The van der Waals surface area contributed by atoms with Crippen molar-refractivity contribution < 1.29 is 0 Å². The lowest BCUT2D eigenvalue weighted by Gasteiger charge is -2.27. The molecule has 4 nitrogen and oxygen atoms in total. The second kappa shape index (κ2) is 5.12. The van der Waals surface area contributed by atoms with Crippen LogP contribution >= 0.6 is 11.8 Å². The second-order valence-corrected chi connectivity index (χ2v) is 6.25. The summed E-state index contributed by atoms with van der Waals surface area (Å²) < 4.78 is 1.96. The number of hydrogen-bond acceptors (Lipinski definition) is 4. The van der Waals surface area contributed by atoms with E-state index in [4.69, 9.17) is 0 Å². The van der Waals surface area contributed by atoms with Crippen LogP contribution in [0.5, 0.6) is 0 Å². The van der Waals surface area contributed by atoms with Crippen LogP contribution in [0.2, 0.25) is 0 Å². The molecule has 17 heavy (non-hydrogen) atoms. The van der Waals surface area contributed by atoms with Crippen LogP contribution in [0.3, 0.4) is 0 Å². The number of aliphatic imine (C=N–C) groups is 1. The number of hydrogen-bond donors (Lipinski definition) is 1. The topological polar surface area (TPSA) is 42.2 Å². The summed E-state index contributed by atoms with van der Waals surface area (Å²) in [6.45, 7) is 9.26. The van der Waals surface area contributed by atoms with Crippen LogP contribution < -0.4 is 5.32 Å². The Bertz CT molecular complexity index is 408. The predicted octanol–water partition coefficient (Wildman–Crippen LogP) is 1.91. The molecule has 1 aliphatic heterocycles. The average Bonchev–Trinajstić information content (AvgIpc) is 2.67. The maximum Gasteiger partial charge on any atom is 0.156 e. The third kappa shape index (κ3) is 3.77. The highest BCUT2D eigenvalue weighted by Gasteiger charge is 2.22. The number of nitrogens with one attached hydrogen (secondary N) is 1. The molecule has 1 aromatic heterocycles. The first-order valence-electron chi connectivity index (χ1n) is 5.95. The molecule has 0 amide bonds. The highest BCUT2D eigenvalue weighted by molar-refractivity contribution is 8.13. The van der Waals surface area contributed by atoms with Crippen molar-refractivity contribution in [1.82, 2.24) is 15.1 Å². The number of nitrogens with zero attached hydrogens (tertiary/aromatic N) is 3. The van der Waals surface area contributed by atoms with E-state index >= 15 is 0 Å².